The van der Waals surface area contributed by atoms with Gasteiger partial charge in [0.25, 0.3) is 0 Å². The minimum Gasteiger partial charge on any atom is -0.469 e. The lowest BCUT2D eigenvalue weighted by Crippen LogP contribution is -2.37. The van der Waals surface area contributed by atoms with Crippen molar-refractivity contribution < 1.29 is 19.1 Å². The first-order chi connectivity index (χ1) is 8.58. The normalized spacial score (nSPS) is 11.4. The number of methoxy groups -OCH3 is 1. The Morgan fingerprint density at radius 1 is 1.44 bits per heavy atom. The summed E-state index contributed by atoms with van der Waals surface area (Å²) >= 11 is 0. The van der Waals surface area contributed by atoms with E-state index in [-0.39, 0.29) is 6.42 Å². The summed E-state index contributed by atoms with van der Waals surface area (Å²) in [5, 5.41) is 2.49. The van der Waals surface area contributed by atoms with E-state index in [1.54, 1.807) is 24.3 Å². The molecule has 1 aromatic rings. The van der Waals surface area contributed by atoms with Crippen molar-refractivity contribution >= 4 is 23.9 Å². The monoisotopic (exact) mass is 250 g/mol. The molecule has 6 nitrogen and oxygen atoms in total. The molecule has 1 rings (SSSR count). The molecule has 3 N–H and O–H groups in total. The summed E-state index contributed by atoms with van der Waals surface area (Å²) in [6.45, 7) is 0. The van der Waals surface area contributed by atoms with Gasteiger partial charge in [-0.3, -0.25) is 14.4 Å². The lowest BCUT2D eigenvalue weighted by atomic mass is 10.1. The van der Waals surface area contributed by atoms with Gasteiger partial charge >= 0.3 is 5.97 Å². The first-order valence-electron chi connectivity index (χ1n) is 5.26. The summed E-state index contributed by atoms with van der Waals surface area (Å²) in [4.78, 5) is 33.4. The zero-order chi connectivity index (χ0) is 13.5. The van der Waals surface area contributed by atoms with Gasteiger partial charge in [0.2, 0.25) is 5.91 Å². The second-order valence-corrected chi connectivity index (χ2v) is 3.58. The number of hydrogen-bond donors (Lipinski definition) is 2. The third-order valence-corrected chi connectivity index (χ3v) is 2.30. The maximum Gasteiger partial charge on any atom is 0.307 e. The van der Waals surface area contributed by atoms with Gasteiger partial charge < -0.3 is 15.8 Å². The number of rotatable bonds is 5. The molecule has 0 aliphatic rings. The van der Waals surface area contributed by atoms with E-state index in [9.17, 15) is 14.4 Å². The first kappa shape index (κ1) is 13.9. The maximum absolute atomic E-state index is 11.7. The molecular weight excluding hydrogens is 236 g/mol. The molecule has 0 fully saturated rings. The van der Waals surface area contributed by atoms with Crippen molar-refractivity contribution in [3.63, 3.8) is 0 Å². The predicted octanol–water partition coefficient (Wildman–Crippen LogP) is 0.328. The SMILES string of the molecule is COC(=O)C[C@H](N)C(=O)Nc1ccccc1C=O. The molecule has 0 saturated heterocycles. The van der Waals surface area contributed by atoms with Gasteiger partial charge in [0.05, 0.1) is 25.3 Å². The number of hydrogen-bond acceptors (Lipinski definition) is 5. The Bertz CT molecular complexity index is 459. The molecule has 0 aliphatic carbocycles. The fraction of sp³-hybridized carbons (Fsp3) is 0.250. The molecule has 1 atom stereocenters. The summed E-state index contributed by atoms with van der Waals surface area (Å²) < 4.78 is 4.41. The van der Waals surface area contributed by atoms with Crippen LogP contribution in [-0.2, 0) is 14.3 Å². The highest BCUT2D eigenvalue weighted by Gasteiger charge is 2.18. The average molecular weight is 250 g/mol. The van der Waals surface area contributed by atoms with Gasteiger partial charge in [0.1, 0.15) is 0 Å². The molecule has 0 spiro atoms. The predicted molar refractivity (Wildman–Crippen MR) is 65.1 cm³/mol. The number of benzene rings is 1. The second kappa shape index (κ2) is 6.51. The van der Waals surface area contributed by atoms with Crippen molar-refractivity contribution in [1.29, 1.82) is 0 Å². The van der Waals surface area contributed by atoms with Crippen molar-refractivity contribution in [3.8, 4) is 0 Å². The van der Waals surface area contributed by atoms with Gasteiger partial charge in [-0.05, 0) is 12.1 Å². The third-order valence-electron chi connectivity index (χ3n) is 2.30. The van der Waals surface area contributed by atoms with E-state index in [1.165, 1.54) is 7.11 Å². The molecular formula is C12H14N2O4. The smallest absolute Gasteiger partial charge is 0.307 e. The van der Waals surface area contributed by atoms with Crippen LogP contribution < -0.4 is 11.1 Å². The van der Waals surface area contributed by atoms with Crippen LogP contribution in [0.4, 0.5) is 5.69 Å². The number of carbonyl (C=O) groups excluding carboxylic acids is 3. The molecule has 0 aromatic heterocycles. The number of carbonyl (C=O) groups is 3. The van der Waals surface area contributed by atoms with E-state index in [1.807, 2.05) is 0 Å². The number of ether oxygens (including phenoxy) is 1. The summed E-state index contributed by atoms with van der Waals surface area (Å²) in [5.41, 5.74) is 6.23. The van der Waals surface area contributed by atoms with E-state index < -0.39 is 17.9 Å². The van der Waals surface area contributed by atoms with Crippen LogP contribution in [-0.4, -0.2) is 31.3 Å². The van der Waals surface area contributed by atoms with Crippen molar-refractivity contribution in [2.75, 3.05) is 12.4 Å². The van der Waals surface area contributed by atoms with Crippen LogP contribution in [0.25, 0.3) is 0 Å². The van der Waals surface area contributed by atoms with Gasteiger partial charge in [-0.1, -0.05) is 12.1 Å². The van der Waals surface area contributed by atoms with Crippen LogP contribution >= 0.6 is 0 Å². The Hall–Kier alpha value is -2.21. The van der Waals surface area contributed by atoms with Gasteiger partial charge in [-0.25, -0.2) is 0 Å². The van der Waals surface area contributed by atoms with E-state index in [0.717, 1.165) is 0 Å². The highest BCUT2D eigenvalue weighted by Crippen LogP contribution is 2.12. The Labute approximate surface area is 104 Å². The molecule has 0 bridgehead atoms. The average Bonchev–Trinajstić information content (AvgIpc) is 2.39. The number of nitrogens with two attached hydrogens (primary N) is 1. The quantitative estimate of drug-likeness (QED) is 0.579. The van der Waals surface area contributed by atoms with E-state index >= 15 is 0 Å². The molecule has 0 aliphatic heterocycles. The van der Waals surface area contributed by atoms with Crippen LogP contribution in [0.15, 0.2) is 24.3 Å². The number of para-hydroxylation sites is 1. The summed E-state index contributed by atoms with van der Waals surface area (Å²) in [6, 6.07) is 5.47. The Kier molecular flexibility index (Phi) is 5.01. The van der Waals surface area contributed by atoms with Crippen molar-refractivity contribution in [1.82, 2.24) is 0 Å². The Morgan fingerprint density at radius 2 is 2.11 bits per heavy atom. The minimum atomic E-state index is -1.02. The van der Waals surface area contributed by atoms with E-state index in [4.69, 9.17) is 5.73 Å². The standard InChI is InChI=1S/C12H14N2O4/c1-18-11(16)6-9(13)12(17)14-10-5-3-2-4-8(10)7-15/h2-5,7,9H,6,13H2,1H3,(H,14,17)/t9-/m0/s1. The molecule has 0 saturated carbocycles. The van der Waals surface area contributed by atoms with Crippen LogP contribution in [0.2, 0.25) is 0 Å². The van der Waals surface area contributed by atoms with Gasteiger partial charge in [0.15, 0.2) is 6.29 Å². The molecule has 0 heterocycles. The fourth-order valence-electron chi connectivity index (χ4n) is 1.29. The topological polar surface area (TPSA) is 98.5 Å². The Balaban J connectivity index is 2.69. The molecule has 1 aromatic carbocycles. The number of amides is 1. The maximum atomic E-state index is 11.7. The fourth-order valence-corrected chi connectivity index (χ4v) is 1.29. The lowest BCUT2D eigenvalue weighted by molar-refractivity contribution is -0.142. The van der Waals surface area contributed by atoms with Crippen LogP contribution in [0.3, 0.4) is 0 Å². The van der Waals surface area contributed by atoms with E-state index in [0.29, 0.717) is 17.5 Å². The molecule has 0 radical (unpaired) electrons. The van der Waals surface area contributed by atoms with Gasteiger partial charge in [0, 0.05) is 5.56 Å². The number of anilines is 1. The molecule has 96 valence electrons. The summed E-state index contributed by atoms with van der Waals surface area (Å²) in [6.07, 6.45) is 0.410. The highest BCUT2D eigenvalue weighted by atomic mass is 16.5. The lowest BCUT2D eigenvalue weighted by Gasteiger charge is -2.12. The number of esters is 1. The zero-order valence-electron chi connectivity index (χ0n) is 9.88. The summed E-state index contributed by atoms with van der Waals surface area (Å²) in [7, 11) is 1.22. The molecule has 1 amide bonds. The summed E-state index contributed by atoms with van der Waals surface area (Å²) in [5.74, 6) is -1.11. The van der Waals surface area contributed by atoms with Crippen molar-refractivity contribution in [3.05, 3.63) is 29.8 Å². The van der Waals surface area contributed by atoms with Crippen LogP contribution in [0.1, 0.15) is 16.8 Å². The molecule has 0 unspecified atom stereocenters. The second-order valence-electron chi connectivity index (χ2n) is 3.58. The molecule has 6 heteroatoms. The highest BCUT2D eigenvalue weighted by molar-refractivity contribution is 6.00. The minimum absolute atomic E-state index is 0.217. The van der Waals surface area contributed by atoms with Gasteiger partial charge in [-0.2, -0.15) is 0 Å². The van der Waals surface area contributed by atoms with E-state index in [2.05, 4.69) is 10.1 Å². The Morgan fingerprint density at radius 3 is 2.72 bits per heavy atom. The first-order valence-corrected chi connectivity index (χ1v) is 5.26. The number of aldehydes is 1. The van der Waals surface area contributed by atoms with Crippen molar-refractivity contribution in [2.45, 2.75) is 12.5 Å². The number of nitrogens with one attached hydrogen (secondary N) is 1. The third kappa shape index (κ3) is 3.67. The van der Waals surface area contributed by atoms with Crippen molar-refractivity contribution in [2.24, 2.45) is 5.73 Å². The van der Waals surface area contributed by atoms with Crippen LogP contribution in [0.5, 0.6) is 0 Å². The van der Waals surface area contributed by atoms with Crippen LogP contribution in [0, 0.1) is 0 Å². The molecule has 18 heavy (non-hydrogen) atoms. The van der Waals surface area contributed by atoms with Gasteiger partial charge in [-0.15, -0.1) is 0 Å². The zero-order valence-corrected chi connectivity index (χ0v) is 9.88. The largest absolute Gasteiger partial charge is 0.469 e.